The number of fused-ring (bicyclic) bond motifs is 2. The van der Waals surface area contributed by atoms with Gasteiger partial charge in [0.2, 0.25) is 6.35 Å². The summed E-state index contributed by atoms with van der Waals surface area (Å²) in [6.45, 7) is 10.4. The third-order valence-electron chi connectivity index (χ3n) is 8.72. The van der Waals surface area contributed by atoms with E-state index in [0.717, 1.165) is 71.4 Å². The molecule has 5 rings (SSSR count). The van der Waals surface area contributed by atoms with Crippen LogP contribution in [-0.2, 0) is 18.3 Å². The molecule has 0 saturated carbocycles. The second kappa shape index (κ2) is 12.4. The molecule has 3 atom stereocenters. The van der Waals surface area contributed by atoms with Crippen molar-refractivity contribution in [3.8, 4) is 6.07 Å². The predicted octanol–water partition coefficient (Wildman–Crippen LogP) is 1.88. The van der Waals surface area contributed by atoms with E-state index in [-0.39, 0.29) is 11.9 Å². The Morgan fingerprint density at radius 1 is 1.14 bits per heavy atom. The minimum Gasteiger partial charge on any atom is -0.388 e. The van der Waals surface area contributed by atoms with E-state index in [9.17, 15) is 15.2 Å². The van der Waals surface area contributed by atoms with Crippen molar-refractivity contribution in [3.05, 3.63) is 88.6 Å². The maximum absolute atomic E-state index is 12.6. The highest BCUT2D eigenvalue weighted by Crippen LogP contribution is 2.44. The van der Waals surface area contributed by atoms with Crippen molar-refractivity contribution in [2.45, 2.75) is 49.9 Å². The molecule has 6 N–H and O–H groups in total. The fourth-order valence-corrected chi connectivity index (χ4v) is 6.53. The fraction of sp³-hybridized carbons (Fsp3) is 0.406. The molecule has 2 aliphatic heterocycles. The summed E-state index contributed by atoms with van der Waals surface area (Å²) in [5.41, 5.74) is 13.0. The van der Waals surface area contributed by atoms with Crippen LogP contribution >= 0.6 is 0 Å². The van der Waals surface area contributed by atoms with Gasteiger partial charge in [0, 0.05) is 44.1 Å². The van der Waals surface area contributed by atoms with Gasteiger partial charge in [-0.05, 0) is 84.7 Å². The van der Waals surface area contributed by atoms with E-state index in [1.165, 1.54) is 0 Å². The first-order valence-corrected chi connectivity index (χ1v) is 14.5. The number of amides is 1. The third kappa shape index (κ3) is 5.39. The van der Waals surface area contributed by atoms with Crippen LogP contribution < -0.4 is 26.8 Å². The zero-order valence-electron chi connectivity index (χ0n) is 24.4. The number of hydrogen-bond donors (Lipinski definition) is 6. The molecule has 0 aromatic heterocycles. The number of hydrazine groups is 1. The molecule has 220 valence electrons. The largest absolute Gasteiger partial charge is 0.388 e. The van der Waals surface area contributed by atoms with Crippen LogP contribution in [0, 0.1) is 11.3 Å². The van der Waals surface area contributed by atoms with Gasteiger partial charge in [-0.25, -0.2) is 4.99 Å². The Labute approximate surface area is 247 Å². The van der Waals surface area contributed by atoms with Crippen molar-refractivity contribution in [1.29, 1.82) is 5.26 Å². The van der Waals surface area contributed by atoms with Crippen molar-refractivity contribution in [2.75, 3.05) is 33.7 Å². The second-order valence-corrected chi connectivity index (χ2v) is 11.1. The number of carbonyl (C=O) groups is 1. The van der Waals surface area contributed by atoms with Gasteiger partial charge in [-0.15, -0.1) is 0 Å². The molecule has 0 radical (unpaired) electrons. The number of aryl methyl sites for hydroxylation is 2. The Balaban J connectivity index is 1.56. The van der Waals surface area contributed by atoms with E-state index in [1.807, 2.05) is 25.2 Å². The van der Waals surface area contributed by atoms with E-state index in [4.69, 9.17) is 0 Å². The smallest absolute Gasteiger partial charge is 0.251 e. The van der Waals surface area contributed by atoms with Crippen LogP contribution in [0.1, 0.15) is 57.4 Å². The van der Waals surface area contributed by atoms with Crippen LogP contribution in [0.25, 0.3) is 5.70 Å². The summed E-state index contributed by atoms with van der Waals surface area (Å²) in [6, 6.07) is 14.5. The lowest BCUT2D eigenvalue weighted by molar-refractivity contribution is 0.0963. The molecular weight excluding hydrogens is 528 g/mol. The number of benzene rings is 2. The number of nitrogens with one attached hydrogen (secondary N) is 5. The summed E-state index contributed by atoms with van der Waals surface area (Å²) in [5.74, 6) is 0.487. The monoisotopic (exact) mass is 568 g/mol. The number of aliphatic hydroxyl groups excluding tert-OH is 1. The SMILES string of the molecule is C=C(NC)c1ccc2c(c1)CCc1cc(C(=O)NC)ccc1C2(CCNCC(=C)N1CCCC1C#N)C1=NC(O)NN1. The van der Waals surface area contributed by atoms with E-state index in [0.29, 0.717) is 30.9 Å². The number of hydrogen-bond acceptors (Lipinski definition) is 9. The Morgan fingerprint density at radius 3 is 2.45 bits per heavy atom. The summed E-state index contributed by atoms with van der Waals surface area (Å²) in [4.78, 5) is 19.3. The van der Waals surface area contributed by atoms with E-state index in [1.54, 1.807) is 7.05 Å². The molecule has 2 aromatic rings. The average molecular weight is 569 g/mol. The molecule has 42 heavy (non-hydrogen) atoms. The molecule has 10 nitrogen and oxygen atoms in total. The van der Waals surface area contributed by atoms with Crippen LogP contribution in [-0.4, -0.2) is 67.9 Å². The van der Waals surface area contributed by atoms with E-state index < -0.39 is 11.8 Å². The van der Waals surface area contributed by atoms with Gasteiger partial charge in [0.15, 0.2) is 0 Å². The quantitative estimate of drug-likeness (QED) is 0.239. The minimum absolute atomic E-state index is 0.119. The molecule has 2 aromatic carbocycles. The van der Waals surface area contributed by atoms with Gasteiger partial charge in [-0.1, -0.05) is 31.4 Å². The lowest BCUT2D eigenvalue weighted by Gasteiger charge is -2.37. The zero-order chi connectivity index (χ0) is 29.9. The molecule has 3 aliphatic rings. The lowest BCUT2D eigenvalue weighted by atomic mass is 9.68. The molecule has 0 spiro atoms. The van der Waals surface area contributed by atoms with Gasteiger partial charge in [0.1, 0.15) is 11.9 Å². The fourth-order valence-electron chi connectivity index (χ4n) is 6.53. The Bertz CT molecular complexity index is 1390. The summed E-state index contributed by atoms with van der Waals surface area (Å²) in [6.07, 6.45) is 2.91. The molecule has 3 unspecified atom stereocenters. The summed E-state index contributed by atoms with van der Waals surface area (Å²) in [5, 5.41) is 29.4. The summed E-state index contributed by atoms with van der Waals surface area (Å²) < 4.78 is 0. The van der Waals surface area contributed by atoms with Crippen molar-refractivity contribution in [3.63, 3.8) is 0 Å². The number of amidine groups is 1. The van der Waals surface area contributed by atoms with Gasteiger partial charge in [-0.2, -0.15) is 10.7 Å². The maximum atomic E-state index is 12.6. The molecule has 1 fully saturated rings. The first-order valence-electron chi connectivity index (χ1n) is 14.5. The molecular formula is C32H40N8O2. The van der Waals surface area contributed by atoms with Gasteiger partial charge in [-0.3, -0.25) is 4.79 Å². The minimum atomic E-state index is -1.08. The van der Waals surface area contributed by atoms with Gasteiger partial charge in [0.25, 0.3) is 5.91 Å². The zero-order valence-corrected chi connectivity index (χ0v) is 24.4. The molecule has 10 heteroatoms. The Kier molecular flexibility index (Phi) is 8.64. The third-order valence-corrected chi connectivity index (χ3v) is 8.72. The first-order chi connectivity index (χ1) is 20.3. The summed E-state index contributed by atoms with van der Waals surface area (Å²) >= 11 is 0. The maximum Gasteiger partial charge on any atom is 0.251 e. The highest BCUT2D eigenvalue weighted by Gasteiger charge is 2.45. The van der Waals surface area contributed by atoms with Gasteiger partial charge >= 0.3 is 0 Å². The van der Waals surface area contributed by atoms with Crippen LogP contribution in [0.15, 0.2) is 60.2 Å². The summed E-state index contributed by atoms with van der Waals surface area (Å²) in [7, 11) is 3.49. The number of nitrogens with zero attached hydrogens (tertiary/aromatic N) is 3. The van der Waals surface area contributed by atoms with Gasteiger partial charge in [0.05, 0.1) is 11.5 Å². The normalized spacial score (nSPS) is 22.6. The van der Waals surface area contributed by atoms with Crippen molar-refractivity contribution < 1.29 is 9.90 Å². The number of aliphatic imine (C=N–C) groups is 1. The van der Waals surface area contributed by atoms with Crippen LogP contribution in [0.3, 0.4) is 0 Å². The number of carbonyl (C=O) groups excluding carboxylic acids is 1. The topological polar surface area (TPSA) is 137 Å². The van der Waals surface area contributed by atoms with Crippen LogP contribution in [0.2, 0.25) is 0 Å². The number of aliphatic hydroxyl groups is 1. The Hall–Kier alpha value is -4.17. The molecule has 2 heterocycles. The van der Waals surface area contributed by atoms with Gasteiger partial charge < -0.3 is 31.4 Å². The average Bonchev–Trinajstić information content (AvgIpc) is 3.66. The molecule has 1 aliphatic carbocycles. The molecule has 0 bridgehead atoms. The number of likely N-dealkylation sites (tertiary alicyclic amines) is 1. The number of rotatable bonds is 10. The Morgan fingerprint density at radius 2 is 1.83 bits per heavy atom. The number of nitriles is 1. The second-order valence-electron chi connectivity index (χ2n) is 11.1. The van der Waals surface area contributed by atoms with Crippen molar-refractivity contribution >= 4 is 17.4 Å². The first kappa shape index (κ1) is 29.3. The lowest BCUT2D eigenvalue weighted by Crippen LogP contribution is -2.49. The molecule has 1 saturated heterocycles. The molecule has 1 amide bonds. The van der Waals surface area contributed by atoms with E-state index >= 15 is 0 Å². The standard InChI is InChI=1S/C32H40N8O2/c1-20(40-15-5-6-26(40)18-33)19-36-14-13-32(30-37-31(42)39-38-30)27-11-9-22(21(2)34-3)16-23(27)7-8-24-17-25(29(41)35-4)10-12-28(24)32/h9-12,16-17,26,31,34,36,39,42H,1-2,5-8,13-15,19H2,3-4H3,(H,35,41)(H,37,38). The van der Waals surface area contributed by atoms with Crippen LogP contribution in [0.4, 0.5) is 0 Å². The predicted molar refractivity (Wildman–Crippen MR) is 164 cm³/mol. The highest BCUT2D eigenvalue weighted by atomic mass is 16.3. The van der Waals surface area contributed by atoms with Crippen molar-refractivity contribution in [1.82, 2.24) is 31.7 Å². The van der Waals surface area contributed by atoms with E-state index in [2.05, 4.69) is 74.1 Å². The highest BCUT2D eigenvalue weighted by molar-refractivity contribution is 5.99. The van der Waals surface area contributed by atoms with Crippen molar-refractivity contribution in [2.24, 2.45) is 4.99 Å². The van der Waals surface area contributed by atoms with Crippen LogP contribution in [0.5, 0.6) is 0 Å².